The lowest BCUT2D eigenvalue weighted by Gasteiger charge is -2.36. The van der Waals surface area contributed by atoms with Crippen molar-refractivity contribution < 1.29 is 9.13 Å². The van der Waals surface area contributed by atoms with Gasteiger partial charge in [0.25, 0.3) is 0 Å². The minimum absolute atomic E-state index is 0.104. The Labute approximate surface area is 120 Å². The van der Waals surface area contributed by atoms with Crippen LogP contribution in [0.1, 0.15) is 12.5 Å². The summed E-state index contributed by atoms with van der Waals surface area (Å²) in [6.07, 6.45) is -0.109. The van der Waals surface area contributed by atoms with Gasteiger partial charge in [0, 0.05) is 19.1 Å². The number of halogens is 2. The van der Waals surface area contributed by atoms with Gasteiger partial charge in [-0.15, -0.1) is 0 Å². The molecule has 4 nitrogen and oxygen atoms in total. The van der Waals surface area contributed by atoms with Crippen molar-refractivity contribution in [3.05, 3.63) is 28.0 Å². The van der Waals surface area contributed by atoms with Gasteiger partial charge in [-0.1, -0.05) is 0 Å². The number of anilines is 1. The fourth-order valence-corrected chi connectivity index (χ4v) is 2.51. The zero-order valence-corrected chi connectivity index (χ0v) is 12.2. The van der Waals surface area contributed by atoms with Crippen LogP contribution in [0.2, 0.25) is 0 Å². The van der Waals surface area contributed by atoms with Gasteiger partial charge < -0.3 is 15.4 Å². The third-order valence-electron chi connectivity index (χ3n) is 3.20. The maximum atomic E-state index is 14.3. The topological polar surface area (TPSA) is 62.3 Å². The quantitative estimate of drug-likeness (QED) is 0.902. The predicted octanol–water partition coefficient (Wildman–Crippen LogP) is 2.01. The molecule has 0 spiro atoms. The first-order chi connectivity index (χ1) is 9.04. The summed E-state index contributed by atoms with van der Waals surface area (Å²) in [5.41, 5.74) is 6.59. The monoisotopic (exact) mass is 327 g/mol. The van der Waals surface area contributed by atoms with E-state index >= 15 is 0 Å². The van der Waals surface area contributed by atoms with Gasteiger partial charge >= 0.3 is 0 Å². The molecule has 1 aromatic rings. The van der Waals surface area contributed by atoms with Gasteiger partial charge in [0.2, 0.25) is 0 Å². The Morgan fingerprint density at radius 1 is 1.63 bits per heavy atom. The molecule has 1 saturated heterocycles. The average Bonchev–Trinajstić information content (AvgIpc) is 2.42. The number of rotatable bonds is 2. The molecule has 0 saturated carbocycles. The van der Waals surface area contributed by atoms with Crippen LogP contribution in [0.4, 0.5) is 10.1 Å². The number of nitrogens with two attached hydrogens (primary N) is 1. The summed E-state index contributed by atoms with van der Waals surface area (Å²) in [7, 11) is 0. The molecule has 0 aliphatic carbocycles. The molecule has 2 rings (SSSR count). The van der Waals surface area contributed by atoms with E-state index in [-0.39, 0.29) is 16.6 Å². The van der Waals surface area contributed by atoms with E-state index in [1.54, 1.807) is 12.1 Å². The van der Waals surface area contributed by atoms with Crippen LogP contribution >= 0.6 is 15.9 Å². The molecule has 19 heavy (non-hydrogen) atoms. The van der Waals surface area contributed by atoms with Crippen molar-refractivity contribution >= 4 is 21.6 Å². The van der Waals surface area contributed by atoms with Crippen LogP contribution in [-0.2, 0) is 4.74 Å². The van der Waals surface area contributed by atoms with Gasteiger partial charge in [-0.05, 0) is 35.0 Å². The van der Waals surface area contributed by atoms with Crippen LogP contribution in [0.25, 0.3) is 0 Å². The molecule has 2 N–H and O–H groups in total. The molecule has 1 aliphatic rings. The Hall–Kier alpha value is -1.16. The normalized spacial score (nSPS) is 21.0. The van der Waals surface area contributed by atoms with E-state index in [9.17, 15) is 4.39 Å². The van der Waals surface area contributed by atoms with Crippen LogP contribution in [-0.4, -0.2) is 31.8 Å². The summed E-state index contributed by atoms with van der Waals surface area (Å²) in [6.45, 7) is 3.55. The maximum Gasteiger partial charge on any atom is 0.161 e. The molecule has 0 bridgehead atoms. The van der Waals surface area contributed by atoms with E-state index in [4.69, 9.17) is 15.7 Å². The standard InChI is InChI=1S/C13H15BrFN3O/c1-8(17)11-7-18(4-5-19-11)10-3-2-9(6-16)12(14)13(10)15/h2-3,8,11H,4-5,7,17H2,1H3. The Balaban J connectivity index is 2.27. The predicted molar refractivity (Wildman–Crippen MR) is 74.4 cm³/mol. The highest BCUT2D eigenvalue weighted by atomic mass is 79.9. The Kier molecular flexibility index (Phi) is 4.40. The molecule has 1 aromatic carbocycles. The molecule has 0 amide bonds. The van der Waals surface area contributed by atoms with Crippen molar-refractivity contribution in [2.75, 3.05) is 24.6 Å². The second-order valence-electron chi connectivity index (χ2n) is 4.59. The molecule has 0 aromatic heterocycles. The first-order valence-corrected chi connectivity index (χ1v) is 6.84. The fourth-order valence-electron chi connectivity index (χ4n) is 2.08. The van der Waals surface area contributed by atoms with Crippen molar-refractivity contribution in [2.45, 2.75) is 19.1 Å². The lowest BCUT2D eigenvalue weighted by molar-refractivity contribution is 0.0274. The van der Waals surface area contributed by atoms with Crippen LogP contribution in [0.3, 0.4) is 0 Å². The zero-order chi connectivity index (χ0) is 14.0. The summed E-state index contributed by atoms with van der Waals surface area (Å²) in [5.74, 6) is -0.413. The molecule has 1 heterocycles. The average molecular weight is 328 g/mol. The smallest absolute Gasteiger partial charge is 0.161 e. The third-order valence-corrected chi connectivity index (χ3v) is 3.98. The molecular formula is C13H15BrFN3O. The van der Waals surface area contributed by atoms with Crippen molar-refractivity contribution in [3.8, 4) is 6.07 Å². The summed E-state index contributed by atoms with van der Waals surface area (Å²) in [6, 6.07) is 5.08. The molecule has 2 unspecified atom stereocenters. The summed E-state index contributed by atoms with van der Waals surface area (Å²) in [4.78, 5) is 1.90. The van der Waals surface area contributed by atoms with Gasteiger partial charge in [0.05, 0.1) is 28.4 Å². The van der Waals surface area contributed by atoms with Crippen LogP contribution in [0, 0.1) is 17.1 Å². The Morgan fingerprint density at radius 2 is 2.37 bits per heavy atom. The minimum Gasteiger partial charge on any atom is -0.373 e. The molecule has 1 aliphatic heterocycles. The number of benzene rings is 1. The SMILES string of the molecule is CC(N)C1CN(c2ccc(C#N)c(Br)c2F)CCO1. The highest BCUT2D eigenvalue weighted by Gasteiger charge is 2.26. The summed E-state index contributed by atoms with van der Waals surface area (Å²) >= 11 is 3.12. The first kappa shape index (κ1) is 14.3. The molecular weight excluding hydrogens is 313 g/mol. The largest absolute Gasteiger partial charge is 0.373 e. The van der Waals surface area contributed by atoms with E-state index in [1.807, 2.05) is 17.9 Å². The molecule has 1 fully saturated rings. The van der Waals surface area contributed by atoms with Crippen molar-refractivity contribution in [3.63, 3.8) is 0 Å². The molecule has 0 radical (unpaired) electrons. The lowest BCUT2D eigenvalue weighted by Crippen LogP contribution is -2.49. The second-order valence-corrected chi connectivity index (χ2v) is 5.38. The highest BCUT2D eigenvalue weighted by molar-refractivity contribution is 9.10. The lowest BCUT2D eigenvalue weighted by atomic mass is 10.1. The zero-order valence-electron chi connectivity index (χ0n) is 10.6. The van der Waals surface area contributed by atoms with Crippen molar-refractivity contribution in [1.29, 1.82) is 5.26 Å². The molecule has 2 atom stereocenters. The van der Waals surface area contributed by atoms with Gasteiger partial charge in [0.15, 0.2) is 5.82 Å². The maximum absolute atomic E-state index is 14.3. The minimum atomic E-state index is -0.413. The van der Waals surface area contributed by atoms with Crippen LogP contribution in [0.5, 0.6) is 0 Å². The van der Waals surface area contributed by atoms with E-state index in [1.165, 1.54) is 0 Å². The third kappa shape index (κ3) is 2.89. The Morgan fingerprint density at radius 3 is 3.00 bits per heavy atom. The van der Waals surface area contributed by atoms with E-state index in [2.05, 4.69) is 15.9 Å². The van der Waals surface area contributed by atoms with Gasteiger partial charge in [0.1, 0.15) is 6.07 Å². The van der Waals surface area contributed by atoms with Gasteiger partial charge in [-0.25, -0.2) is 4.39 Å². The van der Waals surface area contributed by atoms with Crippen LogP contribution < -0.4 is 10.6 Å². The second kappa shape index (κ2) is 5.87. The first-order valence-electron chi connectivity index (χ1n) is 6.04. The summed E-state index contributed by atoms with van der Waals surface area (Å²) < 4.78 is 20.0. The number of nitrogens with zero attached hydrogens (tertiary/aromatic N) is 2. The van der Waals surface area contributed by atoms with E-state index in [0.29, 0.717) is 30.9 Å². The number of hydrogen-bond acceptors (Lipinski definition) is 4. The number of nitriles is 1. The highest BCUT2D eigenvalue weighted by Crippen LogP contribution is 2.30. The summed E-state index contributed by atoms with van der Waals surface area (Å²) in [5, 5.41) is 8.86. The van der Waals surface area contributed by atoms with Gasteiger partial charge in [-0.3, -0.25) is 0 Å². The van der Waals surface area contributed by atoms with Crippen molar-refractivity contribution in [1.82, 2.24) is 0 Å². The fraction of sp³-hybridized carbons (Fsp3) is 0.462. The van der Waals surface area contributed by atoms with E-state index in [0.717, 1.165) is 0 Å². The Bertz CT molecular complexity index is 515. The van der Waals surface area contributed by atoms with E-state index < -0.39 is 5.82 Å². The number of morpholine rings is 1. The number of hydrogen-bond donors (Lipinski definition) is 1. The van der Waals surface area contributed by atoms with Crippen LogP contribution in [0.15, 0.2) is 16.6 Å². The molecule has 102 valence electrons. The number of ether oxygens (including phenoxy) is 1. The van der Waals surface area contributed by atoms with Crippen molar-refractivity contribution in [2.24, 2.45) is 5.73 Å². The molecule has 6 heteroatoms. The van der Waals surface area contributed by atoms with Gasteiger partial charge in [-0.2, -0.15) is 5.26 Å².